The fourth-order valence-electron chi connectivity index (χ4n) is 2.91. The van der Waals surface area contributed by atoms with E-state index in [-0.39, 0.29) is 5.91 Å². The third-order valence-corrected chi connectivity index (χ3v) is 4.34. The molecule has 0 fully saturated rings. The summed E-state index contributed by atoms with van der Waals surface area (Å²) in [4.78, 5) is 28.3. The molecule has 0 aliphatic rings. The molecule has 0 bridgehead atoms. The predicted octanol–water partition coefficient (Wildman–Crippen LogP) is 5.07. The molecule has 136 valence electrons. The van der Waals surface area contributed by atoms with Crippen LogP contribution in [0.15, 0.2) is 89.8 Å². The number of nitrogens with zero attached hydrogens (tertiary/aromatic N) is 1. The molecule has 2 heterocycles. The van der Waals surface area contributed by atoms with Crippen molar-refractivity contribution in [3.05, 3.63) is 96.5 Å². The molecule has 2 aromatic carbocycles. The minimum absolute atomic E-state index is 0.353. The molecular weight excluding hydrogens is 352 g/mol. The first-order valence-corrected chi connectivity index (χ1v) is 8.69. The Morgan fingerprint density at radius 2 is 1.75 bits per heavy atom. The molecule has 0 saturated heterocycles. The van der Waals surface area contributed by atoms with Crippen molar-refractivity contribution >= 4 is 17.9 Å². The number of pyridine rings is 1. The summed E-state index contributed by atoms with van der Waals surface area (Å²) in [7, 11) is 0. The maximum atomic E-state index is 12.8. The van der Waals surface area contributed by atoms with Crippen molar-refractivity contribution in [3.63, 3.8) is 0 Å². The Labute approximate surface area is 161 Å². The second kappa shape index (κ2) is 7.72. The summed E-state index contributed by atoms with van der Waals surface area (Å²) in [5.74, 6) is 0.274. The average Bonchev–Trinajstić information content (AvgIpc) is 3.29. The van der Waals surface area contributed by atoms with Crippen LogP contribution >= 0.6 is 0 Å². The number of aromatic nitrogens is 1. The molecule has 5 nitrogen and oxygen atoms in total. The third kappa shape index (κ3) is 3.59. The molecule has 1 N–H and O–H groups in total. The summed E-state index contributed by atoms with van der Waals surface area (Å²) >= 11 is 0. The number of rotatable bonds is 5. The van der Waals surface area contributed by atoms with Crippen LogP contribution in [0.1, 0.15) is 20.7 Å². The third-order valence-electron chi connectivity index (χ3n) is 4.34. The molecule has 0 aliphatic heterocycles. The Balaban J connectivity index is 1.64. The van der Waals surface area contributed by atoms with E-state index in [1.807, 2.05) is 36.4 Å². The molecule has 2 aromatic heterocycles. The average molecular weight is 368 g/mol. The largest absolute Gasteiger partial charge is 0.464 e. The van der Waals surface area contributed by atoms with Crippen LogP contribution in [0.3, 0.4) is 0 Å². The van der Waals surface area contributed by atoms with Gasteiger partial charge in [-0.3, -0.25) is 14.6 Å². The highest BCUT2D eigenvalue weighted by molar-refractivity contribution is 6.07. The van der Waals surface area contributed by atoms with E-state index in [0.29, 0.717) is 28.1 Å². The Morgan fingerprint density at radius 1 is 0.893 bits per heavy atom. The van der Waals surface area contributed by atoms with Gasteiger partial charge in [-0.05, 0) is 41.5 Å². The normalized spacial score (nSPS) is 10.4. The van der Waals surface area contributed by atoms with Crippen molar-refractivity contribution in [1.82, 2.24) is 4.98 Å². The van der Waals surface area contributed by atoms with Crippen LogP contribution in [0.2, 0.25) is 0 Å². The van der Waals surface area contributed by atoms with E-state index < -0.39 is 0 Å². The van der Waals surface area contributed by atoms with Crippen LogP contribution in [0, 0.1) is 0 Å². The Hall–Kier alpha value is -3.99. The molecule has 0 spiro atoms. The van der Waals surface area contributed by atoms with Crippen molar-refractivity contribution in [1.29, 1.82) is 0 Å². The fourth-order valence-corrected chi connectivity index (χ4v) is 2.91. The Kier molecular flexibility index (Phi) is 4.80. The van der Waals surface area contributed by atoms with Gasteiger partial charge in [-0.1, -0.05) is 36.4 Å². The van der Waals surface area contributed by atoms with Crippen molar-refractivity contribution in [2.75, 3.05) is 5.32 Å². The lowest BCUT2D eigenvalue weighted by molar-refractivity contribution is 0.102. The maximum Gasteiger partial charge on any atom is 0.257 e. The lowest BCUT2D eigenvalue weighted by Crippen LogP contribution is -2.13. The number of aldehydes is 1. The van der Waals surface area contributed by atoms with Gasteiger partial charge in [0.2, 0.25) is 0 Å². The summed E-state index contributed by atoms with van der Waals surface area (Å²) in [6.45, 7) is 0. The summed E-state index contributed by atoms with van der Waals surface area (Å²) in [6, 6.07) is 20.4. The van der Waals surface area contributed by atoms with Gasteiger partial charge in [-0.15, -0.1) is 0 Å². The van der Waals surface area contributed by atoms with Crippen LogP contribution in [0.4, 0.5) is 5.69 Å². The molecule has 0 radical (unpaired) electrons. The lowest BCUT2D eigenvalue weighted by atomic mass is 10.0. The number of carbonyl (C=O) groups is 2. The van der Waals surface area contributed by atoms with E-state index in [2.05, 4.69) is 10.3 Å². The van der Waals surface area contributed by atoms with E-state index >= 15 is 0 Å². The second-order valence-electron chi connectivity index (χ2n) is 6.18. The summed E-state index contributed by atoms with van der Waals surface area (Å²) in [5.41, 5.74) is 3.83. The minimum atomic E-state index is -0.353. The highest BCUT2D eigenvalue weighted by atomic mass is 16.3. The number of carbonyl (C=O) groups excluding carboxylic acids is 2. The molecule has 28 heavy (non-hydrogen) atoms. The lowest BCUT2D eigenvalue weighted by Gasteiger charge is -2.11. The van der Waals surface area contributed by atoms with Gasteiger partial charge in [0.15, 0.2) is 6.29 Å². The first-order chi connectivity index (χ1) is 13.7. The van der Waals surface area contributed by atoms with Crippen LogP contribution in [0.25, 0.3) is 22.5 Å². The zero-order chi connectivity index (χ0) is 19.3. The van der Waals surface area contributed by atoms with Crippen molar-refractivity contribution < 1.29 is 14.0 Å². The first kappa shape index (κ1) is 17.4. The number of furan rings is 1. The smallest absolute Gasteiger partial charge is 0.257 e. The number of benzene rings is 2. The SMILES string of the molecule is O=Cc1ccc(-c2ccccc2)cc1NC(=O)c1cncc(-c2ccco2)c1. The first-order valence-electron chi connectivity index (χ1n) is 8.69. The van der Waals surface area contributed by atoms with E-state index in [4.69, 9.17) is 4.42 Å². The van der Waals surface area contributed by atoms with Gasteiger partial charge >= 0.3 is 0 Å². The number of anilines is 1. The number of amides is 1. The zero-order valence-electron chi connectivity index (χ0n) is 14.8. The molecule has 0 saturated carbocycles. The molecule has 0 atom stereocenters. The second-order valence-corrected chi connectivity index (χ2v) is 6.18. The van der Waals surface area contributed by atoms with Gasteiger partial charge in [-0.2, -0.15) is 0 Å². The summed E-state index contributed by atoms with van der Waals surface area (Å²) in [6.07, 6.45) is 5.39. The van der Waals surface area contributed by atoms with Gasteiger partial charge < -0.3 is 9.73 Å². The van der Waals surface area contributed by atoms with Crippen molar-refractivity contribution in [3.8, 4) is 22.5 Å². The molecule has 1 amide bonds. The Morgan fingerprint density at radius 3 is 2.50 bits per heavy atom. The monoisotopic (exact) mass is 368 g/mol. The summed E-state index contributed by atoms with van der Waals surface area (Å²) < 4.78 is 5.36. The highest BCUT2D eigenvalue weighted by Crippen LogP contribution is 2.26. The molecule has 4 aromatic rings. The van der Waals surface area contributed by atoms with Gasteiger partial charge in [0.05, 0.1) is 17.5 Å². The zero-order valence-corrected chi connectivity index (χ0v) is 14.8. The van der Waals surface area contributed by atoms with E-state index in [1.54, 1.807) is 42.8 Å². The van der Waals surface area contributed by atoms with Gasteiger partial charge in [0.25, 0.3) is 5.91 Å². The standard InChI is InChI=1S/C23H16N2O3/c26-15-18-9-8-17(16-5-2-1-3-6-16)12-21(18)25-23(27)20-11-19(13-24-14-20)22-7-4-10-28-22/h1-15H,(H,25,27). The van der Waals surface area contributed by atoms with Crippen LogP contribution in [0.5, 0.6) is 0 Å². The van der Waals surface area contributed by atoms with Gasteiger partial charge in [-0.25, -0.2) is 0 Å². The number of nitrogens with one attached hydrogen (secondary N) is 1. The van der Waals surface area contributed by atoms with E-state index in [9.17, 15) is 9.59 Å². The van der Waals surface area contributed by atoms with E-state index in [0.717, 1.165) is 17.4 Å². The number of hydrogen-bond acceptors (Lipinski definition) is 4. The van der Waals surface area contributed by atoms with Crippen LogP contribution in [-0.2, 0) is 0 Å². The number of hydrogen-bond donors (Lipinski definition) is 1. The Bertz CT molecular complexity index is 1120. The van der Waals surface area contributed by atoms with Crippen LogP contribution in [-0.4, -0.2) is 17.2 Å². The fraction of sp³-hybridized carbons (Fsp3) is 0. The molecule has 0 aliphatic carbocycles. The van der Waals surface area contributed by atoms with Crippen molar-refractivity contribution in [2.24, 2.45) is 0 Å². The van der Waals surface area contributed by atoms with Gasteiger partial charge in [0, 0.05) is 23.5 Å². The van der Waals surface area contributed by atoms with Crippen LogP contribution < -0.4 is 5.32 Å². The topological polar surface area (TPSA) is 72.2 Å². The van der Waals surface area contributed by atoms with Gasteiger partial charge in [0.1, 0.15) is 5.76 Å². The highest BCUT2D eigenvalue weighted by Gasteiger charge is 2.13. The minimum Gasteiger partial charge on any atom is -0.464 e. The maximum absolute atomic E-state index is 12.8. The molecular formula is C23H16N2O3. The quantitative estimate of drug-likeness (QED) is 0.499. The molecule has 4 rings (SSSR count). The molecule has 5 heteroatoms. The van der Waals surface area contributed by atoms with Crippen molar-refractivity contribution in [2.45, 2.75) is 0 Å². The van der Waals surface area contributed by atoms with E-state index in [1.165, 1.54) is 6.20 Å². The summed E-state index contributed by atoms with van der Waals surface area (Å²) in [5, 5.41) is 2.82. The predicted molar refractivity (Wildman–Crippen MR) is 107 cm³/mol. The molecule has 0 unspecified atom stereocenters.